The largest absolute Gasteiger partial charge is 0.274 e. The summed E-state index contributed by atoms with van der Waals surface area (Å²) in [7, 11) is 0. The van der Waals surface area contributed by atoms with E-state index in [1.165, 1.54) is 22.3 Å². The van der Waals surface area contributed by atoms with Crippen LogP contribution in [0, 0.1) is 20.8 Å². The summed E-state index contributed by atoms with van der Waals surface area (Å²) in [5, 5.41) is 14.5. The average molecular weight is 400 g/mol. The van der Waals surface area contributed by atoms with Gasteiger partial charge in [-0.2, -0.15) is 5.10 Å². The summed E-state index contributed by atoms with van der Waals surface area (Å²) < 4.78 is 3.92. The molecule has 5 rings (SSSR count). The maximum absolute atomic E-state index is 4.75. The molecule has 0 aliphatic carbocycles. The number of benzene rings is 2. The fraction of sp³-hybridized carbons (Fsp3) is 0.174. The maximum Gasteiger partial charge on any atom is 0.196 e. The first-order chi connectivity index (χ1) is 14.1. The van der Waals surface area contributed by atoms with Gasteiger partial charge in [-0.05, 0) is 49.6 Å². The summed E-state index contributed by atoms with van der Waals surface area (Å²) in [5.74, 6) is 0.862. The summed E-state index contributed by atoms with van der Waals surface area (Å²) in [4.78, 5) is 0. The molecule has 0 saturated heterocycles. The zero-order valence-electron chi connectivity index (χ0n) is 16.6. The van der Waals surface area contributed by atoms with Crippen LogP contribution in [0.3, 0.4) is 0 Å². The monoisotopic (exact) mass is 399 g/mol. The highest BCUT2D eigenvalue weighted by molar-refractivity contribution is 7.98. The number of aryl methyl sites for hydroxylation is 3. The van der Waals surface area contributed by atoms with Crippen LogP contribution < -0.4 is 0 Å². The van der Waals surface area contributed by atoms with Gasteiger partial charge in [-0.1, -0.05) is 53.7 Å². The molecule has 0 radical (unpaired) electrons. The van der Waals surface area contributed by atoms with Crippen LogP contribution in [0.4, 0.5) is 0 Å². The van der Waals surface area contributed by atoms with E-state index in [9.17, 15) is 0 Å². The third-order valence-electron chi connectivity index (χ3n) is 5.24. The second-order valence-corrected chi connectivity index (χ2v) is 8.35. The molecule has 0 spiro atoms. The Morgan fingerprint density at radius 3 is 2.62 bits per heavy atom. The van der Waals surface area contributed by atoms with Gasteiger partial charge >= 0.3 is 0 Å². The molecule has 0 N–H and O–H groups in total. The van der Waals surface area contributed by atoms with Crippen LogP contribution in [0.15, 0.2) is 66.1 Å². The predicted molar refractivity (Wildman–Crippen MR) is 117 cm³/mol. The topological polar surface area (TPSA) is 47.5 Å². The minimum atomic E-state index is 0.821. The summed E-state index contributed by atoms with van der Waals surface area (Å²) >= 11 is 1.69. The van der Waals surface area contributed by atoms with Gasteiger partial charge in [0.2, 0.25) is 0 Å². The van der Waals surface area contributed by atoms with Crippen molar-refractivity contribution in [1.29, 1.82) is 0 Å². The third kappa shape index (κ3) is 3.29. The van der Waals surface area contributed by atoms with Crippen molar-refractivity contribution in [3.05, 3.63) is 83.2 Å². The zero-order valence-corrected chi connectivity index (χ0v) is 17.4. The van der Waals surface area contributed by atoms with Crippen LogP contribution >= 0.6 is 11.8 Å². The standard InChI is InChI=1S/C23H21N5S/c1-15-5-4-6-18(11-15)14-29-23-25-24-22-21-13-20(26-28(21)10-9-27(22)23)19-8-7-16(2)17(3)12-19/h4-13H,14H2,1-3H3. The third-order valence-corrected chi connectivity index (χ3v) is 6.25. The molecule has 3 aromatic heterocycles. The van der Waals surface area contributed by atoms with Gasteiger partial charge in [0.05, 0.1) is 5.69 Å². The molecule has 144 valence electrons. The Hall–Kier alpha value is -3.12. The lowest BCUT2D eigenvalue weighted by Gasteiger charge is -2.02. The molecule has 3 heterocycles. The van der Waals surface area contributed by atoms with Crippen LogP contribution in [-0.4, -0.2) is 24.2 Å². The molecule has 0 fully saturated rings. The Bertz CT molecular complexity index is 1350. The molecule has 0 saturated carbocycles. The number of hydrogen-bond acceptors (Lipinski definition) is 4. The summed E-state index contributed by atoms with van der Waals surface area (Å²) in [6.45, 7) is 6.37. The van der Waals surface area contributed by atoms with Gasteiger partial charge in [-0.3, -0.25) is 4.40 Å². The normalized spacial score (nSPS) is 11.6. The molecule has 5 aromatic rings. The number of hydrogen-bond donors (Lipinski definition) is 0. The first-order valence-electron chi connectivity index (χ1n) is 9.57. The molecule has 6 heteroatoms. The number of rotatable bonds is 4. The van der Waals surface area contributed by atoms with Gasteiger partial charge < -0.3 is 0 Å². The summed E-state index contributed by atoms with van der Waals surface area (Å²) in [6.07, 6.45) is 3.95. The molecule has 0 aliphatic heterocycles. The van der Waals surface area contributed by atoms with Crippen molar-refractivity contribution in [2.45, 2.75) is 31.7 Å². The molecule has 0 atom stereocenters. The van der Waals surface area contributed by atoms with Gasteiger partial charge in [-0.15, -0.1) is 10.2 Å². The molecular formula is C23H21N5S. The Labute approximate surface area is 173 Å². The van der Waals surface area contributed by atoms with Gasteiger partial charge in [-0.25, -0.2) is 4.52 Å². The van der Waals surface area contributed by atoms with Crippen molar-refractivity contribution in [2.24, 2.45) is 0 Å². The molecule has 0 bridgehead atoms. The van der Waals surface area contributed by atoms with Crippen LogP contribution in [0.1, 0.15) is 22.3 Å². The lowest BCUT2D eigenvalue weighted by molar-refractivity contribution is 0.895. The smallest absolute Gasteiger partial charge is 0.196 e. The van der Waals surface area contributed by atoms with E-state index < -0.39 is 0 Å². The van der Waals surface area contributed by atoms with Crippen molar-refractivity contribution >= 4 is 22.9 Å². The summed E-state index contributed by atoms with van der Waals surface area (Å²) in [5.41, 5.74) is 8.94. The first-order valence-corrected chi connectivity index (χ1v) is 10.6. The van der Waals surface area contributed by atoms with Crippen molar-refractivity contribution in [2.75, 3.05) is 0 Å². The van der Waals surface area contributed by atoms with Gasteiger partial charge in [0.1, 0.15) is 5.52 Å². The predicted octanol–water partition coefficient (Wildman–Crippen LogP) is 5.26. The van der Waals surface area contributed by atoms with Gasteiger partial charge in [0.15, 0.2) is 10.8 Å². The van der Waals surface area contributed by atoms with E-state index in [4.69, 9.17) is 5.10 Å². The number of thioether (sulfide) groups is 1. The van der Waals surface area contributed by atoms with E-state index in [0.29, 0.717) is 0 Å². The van der Waals surface area contributed by atoms with Gasteiger partial charge in [0, 0.05) is 23.7 Å². The van der Waals surface area contributed by atoms with Crippen LogP contribution in [0.25, 0.3) is 22.4 Å². The van der Waals surface area contributed by atoms with Crippen molar-refractivity contribution in [1.82, 2.24) is 24.2 Å². The molecular weight excluding hydrogens is 378 g/mol. The Balaban J connectivity index is 1.50. The highest BCUT2D eigenvalue weighted by Crippen LogP contribution is 2.27. The van der Waals surface area contributed by atoms with E-state index in [1.807, 2.05) is 21.3 Å². The van der Waals surface area contributed by atoms with E-state index in [0.717, 1.165) is 33.3 Å². The Morgan fingerprint density at radius 2 is 1.79 bits per heavy atom. The summed E-state index contributed by atoms with van der Waals surface area (Å²) in [6, 6.07) is 17.1. The minimum Gasteiger partial charge on any atom is -0.274 e. The SMILES string of the molecule is Cc1cccc(CSc2nnc3c4cc(-c5ccc(C)c(C)c5)nn4ccn23)c1. The van der Waals surface area contributed by atoms with Crippen LogP contribution in [0.5, 0.6) is 0 Å². The van der Waals surface area contributed by atoms with Crippen molar-refractivity contribution in [3.63, 3.8) is 0 Å². The van der Waals surface area contributed by atoms with E-state index in [2.05, 4.69) is 79.5 Å². The number of nitrogens with zero attached hydrogens (tertiary/aromatic N) is 5. The van der Waals surface area contributed by atoms with E-state index in [1.54, 1.807) is 11.8 Å². The second-order valence-electron chi connectivity index (χ2n) is 7.41. The van der Waals surface area contributed by atoms with Crippen molar-refractivity contribution in [3.8, 4) is 11.3 Å². The molecule has 0 aliphatic rings. The Morgan fingerprint density at radius 1 is 0.897 bits per heavy atom. The minimum absolute atomic E-state index is 0.821. The lowest BCUT2D eigenvalue weighted by Crippen LogP contribution is -1.94. The average Bonchev–Trinajstić information content (AvgIpc) is 3.32. The maximum atomic E-state index is 4.75. The van der Waals surface area contributed by atoms with Gasteiger partial charge in [0.25, 0.3) is 0 Å². The number of aromatic nitrogens is 5. The quantitative estimate of drug-likeness (QED) is 0.387. The highest BCUT2D eigenvalue weighted by atomic mass is 32.2. The Kier molecular flexibility index (Phi) is 4.36. The lowest BCUT2D eigenvalue weighted by atomic mass is 10.0. The molecule has 5 nitrogen and oxygen atoms in total. The fourth-order valence-corrected chi connectivity index (χ4v) is 4.34. The second kappa shape index (κ2) is 7.04. The van der Waals surface area contributed by atoms with E-state index >= 15 is 0 Å². The van der Waals surface area contributed by atoms with Crippen molar-refractivity contribution < 1.29 is 0 Å². The van der Waals surface area contributed by atoms with Crippen LogP contribution in [0.2, 0.25) is 0 Å². The molecule has 0 unspecified atom stereocenters. The highest BCUT2D eigenvalue weighted by Gasteiger charge is 2.13. The zero-order chi connectivity index (χ0) is 20.0. The van der Waals surface area contributed by atoms with Crippen LogP contribution in [-0.2, 0) is 5.75 Å². The first kappa shape index (κ1) is 17.9. The molecule has 29 heavy (non-hydrogen) atoms. The number of fused-ring (bicyclic) bond motifs is 3. The van der Waals surface area contributed by atoms with E-state index in [-0.39, 0.29) is 0 Å². The fourth-order valence-electron chi connectivity index (χ4n) is 3.48. The molecule has 2 aromatic carbocycles. The molecule has 0 amide bonds.